The normalized spacial score (nSPS) is 21.1. The van der Waals surface area contributed by atoms with Gasteiger partial charge in [0.2, 0.25) is 11.8 Å². The molecule has 2 N–H and O–H groups in total. The Bertz CT molecular complexity index is 796. The Morgan fingerprint density at radius 1 is 1.06 bits per heavy atom. The minimum absolute atomic E-state index is 0.0238. The topological polar surface area (TPSA) is 91.0 Å². The quantitative estimate of drug-likeness (QED) is 0.551. The van der Waals surface area contributed by atoms with Crippen molar-refractivity contribution >= 4 is 17.7 Å². The van der Waals surface area contributed by atoms with Crippen LogP contribution in [0.15, 0.2) is 30.3 Å². The fourth-order valence-corrected chi connectivity index (χ4v) is 4.79. The monoisotopic (exact) mass is 486 g/mol. The zero-order chi connectivity index (χ0) is 24.9. The molecule has 1 unspecified atom stereocenters. The first kappa shape index (κ1) is 27.1. The molecule has 3 rings (SSSR count). The second-order valence-electron chi connectivity index (χ2n) is 9.53. The van der Waals surface area contributed by atoms with Crippen LogP contribution in [0.4, 0.5) is 0 Å². The predicted octanol–water partition coefficient (Wildman–Crippen LogP) is 2.44. The van der Waals surface area contributed by atoms with Crippen LogP contribution in [0.25, 0.3) is 0 Å². The maximum Gasteiger partial charge on any atom is 0.253 e. The second kappa shape index (κ2) is 14.8. The summed E-state index contributed by atoms with van der Waals surface area (Å²) >= 11 is 0. The van der Waals surface area contributed by atoms with Gasteiger partial charge in [-0.2, -0.15) is 0 Å². The molecule has 194 valence electrons. The van der Waals surface area contributed by atoms with Crippen LogP contribution in [0.5, 0.6) is 0 Å². The first-order chi connectivity index (χ1) is 17.1. The molecule has 8 nitrogen and oxygen atoms in total. The molecule has 2 aliphatic heterocycles. The molecule has 2 heterocycles. The number of hydrogen-bond donors (Lipinski definition) is 2. The number of nitrogens with one attached hydrogen (secondary N) is 2. The third kappa shape index (κ3) is 9.26. The van der Waals surface area contributed by atoms with Gasteiger partial charge in [0.25, 0.3) is 5.91 Å². The van der Waals surface area contributed by atoms with Gasteiger partial charge in [0.1, 0.15) is 0 Å². The lowest BCUT2D eigenvalue weighted by atomic mass is 9.98. The lowest BCUT2D eigenvalue weighted by Crippen LogP contribution is -2.37. The first-order valence-electron chi connectivity index (χ1n) is 13.3. The van der Waals surface area contributed by atoms with Crippen molar-refractivity contribution in [1.82, 2.24) is 20.4 Å². The van der Waals surface area contributed by atoms with Gasteiger partial charge in [0.15, 0.2) is 0 Å². The Balaban J connectivity index is 1.41. The van der Waals surface area contributed by atoms with Gasteiger partial charge < -0.3 is 25.2 Å². The summed E-state index contributed by atoms with van der Waals surface area (Å²) in [5.41, 5.74) is 0.621. The van der Waals surface area contributed by atoms with E-state index in [1.165, 1.54) is 0 Å². The van der Waals surface area contributed by atoms with Gasteiger partial charge in [0, 0.05) is 63.8 Å². The lowest BCUT2D eigenvalue weighted by molar-refractivity contribution is -0.126. The minimum atomic E-state index is -0.179. The summed E-state index contributed by atoms with van der Waals surface area (Å²) in [6, 6.07) is 9.14. The highest BCUT2D eigenvalue weighted by Crippen LogP contribution is 2.16. The number of carbonyl (C=O) groups is 3. The number of rotatable bonds is 8. The molecule has 1 aromatic rings. The minimum Gasteiger partial charge on any atom is -0.378 e. The number of benzene rings is 1. The second-order valence-corrected chi connectivity index (χ2v) is 9.53. The van der Waals surface area contributed by atoms with E-state index in [0.717, 1.165) is 45.3 Å². The molecular weight excluding hydrogens is 444 g/mol. The molecule has 1 aromatic carbocycles. The van der Waals surface area contributed by atoms with Gasteiger partial charge in [-0.25, -0.2) is 0 Å². The van der Waals surface area contributed by atoms with E-state index in [1.54, 1.807) is 17.0 Å². The van der Waals surface area contributed by atoms with Crippen molar-refractivity contribution < 1.29 is 19.1 Å². The van der Waals surface area contributed by atoms with Crippen molar-refractivity contribution in [1.29, 1.82) is 0 Å². The maximum atomic E-state index is 12.9. The van der Waals surface area contributed by atoms with E-state index < -0.39 is 0 Å². The zero-order valence-corrected chi connectivity index (χ0v) is 21.2. The Morgan fingerprint density at radius 3 is 2.57 bits per heavy atom. The summed E-state index contributed by atoms with van der Waals surface area (Å²) in [6.45, 7) is 8.15. The van der Waals surface area contributed by atoms with Crippen molar-refractivity contribution in [2.24, 2.45) is 5.92 Å². The van der Waals surface area contributed by atoms with E-state index in [-0.39, 0.29) is 30.1 Å². The van der Waals surface area contributed by atoms with Crippen molar-refractivity contribution in [3.63, 3.8) is 0 Å². The van der Waals surface area contributed by atoms with E-state index in [9.17, 15) is 14.4 Å². The number of nitrogens with zero attached hydrogens (tertiary/aromatic N) is 2. The summed E-state index contributed by atoms with van der Waals surface area (Å²) in [7, 11) is 0. The molecule has 1 atom stereocenters. The van der Waals surface area contributed by atoms with E-state index >= 15 is 0 Å². The summed E-state index contributed by atoms with van der Waals surface area (Å²) in [6.07, 6.45) is 5.58. The molecule has 2 aliphatic rings. The molecular formula is C27H42N4O4. The highest BCUT2D eigenvalue weighted by Gasteiger charge is 2.23. The van der Waals surface area contributed by atoms with Crippen LogP contribution in [0.2, 0.25) is 0 Å². The van der Waals surface area contributed by atoms with Gasteiger partial charge in [-0.05, 0) is 57.2 Å². The van der Waals surface area contributed by atoms with Crippen molar-refractivity contribution in [2.45, 2.75) is 58.0 Å². The zero-order valence-electron chi connectivity index (χ0n) is 21.2. The number of carbonyl (C=O) groups excluding carboxylic acids is 3. The molecule has 35 heavy (non-hydrogen) atoms. The molecule has 0 bridgehead atoms. The van der Waals surface area contributed by atoms with Gasteiger partial charge in [-0.1, -0.05) is 25.1 Å². The fraction of sp³-hybridized carbons (Fsp3) is 0.667. The Morgan fingerprint density at radius 2 is 1.83 bits per heavy atom. The van der Waals surface area contributed by atoms with Crippen LogP contribution in [0.1, 0.15) is 62.2 Å². The molecule has 0 aliphatic carbocycles. The van der Waals surface area contributed by atoms with Crippen molar-refractivity contribution in [3.05, 3.63) is 35.9 Å². The van der Waals surface area contributed by atoms with Gasteiger partial charge in [-0.3, -0.25) is 14.4 Å². The lowest BCUT2D eigenvalue weighted by Gasteiger charge is -2.30. The van der Waals surface area contributed by atoms with E-state index in [4.69, 9.17) is 4.74 Å². The molecule has 0 aromatic heterocycles. The van der Waals surface area contributed by atoms with Crippen LogP contribution >= 0.6 is 0 Å². The van der Waals surface area contributed by atoms with Crippen LogP contribution in [0, 0.1) is 5.92 Å². The summed E-state index contributed by atoms with van der Waals surface area (Å²) in [5.74, 6) is -0.310. The van der Waals surface area contributed by atoms with Crippen LogP contribution in [0.3, 0.4) is 0 Å². The Hall–Kier alpha value is -2.45. The SMILES string of the molecule is CCN1CCC(OCCCNC(=O)C2CCCN(C(=O)c3ccccc3)CCC(=O)NCC2)CC1. The average Bonchev–Trinajstić information content (AvgIpc) is 2.93. The largest absolute Gasteiger partial charge is 0.378 e. The fourth-order valence-electron chi connectivity index (χ4n) is 4.79. The summed E-state index contributed by atoms with van der Waals surface area (Å²) < 4.78 is 6.00. The third-order valence-corrected chi connectivity index (χ3v) is 7.04. The first-order valence-corrected chi connectivity index (χ1v) is 13.3. The van der Waals surface area contributed by atoms with Crippen LogP contribution in [-0.2, 0) is 14.3 Å². The Kier molecular flexibility index (Phi) is 11.5. The molecule has 3 amide bonds. The number of amides is 3. The highest BCUT2D eigenvalue weighted by atomic mass is 16.5. The van der Waals surface area contributed by atoms with E-state index in [0.29, 0.717) is 57.3 Å². The van der Waals surface area contributed by atoms with Crippen LogP contribution in [-0.4, -0.2) is 86.0 Å². The van der Waals surface area contributed by atoms with Crippen molar-refractivity contribution in [2.75, 3.05) is 52.4 Å². The molecule has 8 heteroatoms. The Labute approximate surface area is 209 Å². The van der Waals surface area contributed by atoms with Crippen molar-refractivity contribution in [3.8, 4) is 0 Å². The molecule has 2 fully saturated rings. The van der Waals surface area contributed by atoms with E-state index in [2.05, 4.69) is 22.5 Å². The third-order valence-electron chi connectivity index (χ3n) is 7.04. The summed E-state index contributed by atoms with van der Waals surface area (Å²) in [4.78, 5) is 42.2. The van der Waals surface area contributed by atoms with Gasteiger partial charge >= 0.3 is 0 Å². The molecule has 2 saturated heterocycles. The number of likely N-dealkylation sites (tertiary alicyclic amines) is 1. The molecule has 0 saturated carbocycles. The average molecular weight is 487 g/mol. The highest BCUT2D eigenvalue weighted by molar-refractivity contribution is 5.94. The standard InChI is InChI=1S/C27H42N4O4/c1-2-30-18-12-24(13-19-30)35-21-7-15-29-26(33)22-10-6-17-31(20-14-25(32)28-16-11-22)27(34)23-8-4-3-5-9-23/h3-5,8-9,22,24H,2,6-7,10-21H2,1H3,(H,28,32)(H,29,33). The molecule has 0 radical (unpaired) electrons. The maximum absolute atomic E-state index is 12.9. The van der Waals surface area contributed by atoms with E-state index in [1.807, 2.05) is 18.2 Å². The number of hydrogen-bond acceptors (Lipinski definition) is 5. The number of piperidine rings is 1. The van der Waals surface area contributed by atoms with Crippen LogP contribution < -0.4 is 10.6 Å². The van der Waals surface area contributed by atoms with Gasteiger partial charge in [-0.15, -0.1) is 0 Å². The predicted molar refractivity (Wildman–Crippen MR) is 136 cm³/mol. The smallest absolute Gasteiger partial charge is 0.253 e. The molecule has 0 spiro atoms. The van der Waals surface area contributed by atoms with Gasteiger partial charge in [0.05, 0.1) is 6.10 Å². The number of ether oxygens (including phenoxy) is 1. The summed E-state index contributed by atoms with van der Waals surface area (Å²) in [5, 5.41) is 5.96.